The maximum atomic E-state index is 10.7. The van der Waals surface area contributed by atoms with Crippen LogP contribution in [0.3, 0.4) is 0 Å². The van der Waals surface area contributed by atoms with Crippen LogP contribution in [0.2, 0.25) is 0 Å². The van der Waals surface area contributed by atoms with Crippen LogP contribution in [0.5, 0.6) is 0 Å². The zero-order valence-corrected chi connectivity index (χ0v) is 9.03. The quantitative estimate of drug-likeness (QED) is 0.705. The van der Waals surface area contributed by atoms with E-state index >= 15 is 0 Å². The molecule has 2 nitrogen and oxygen atoms in total. The second kappa shape index (κ2) is 4.05. The van der Waals surface area contributed by atoms with Gasteiger partial charge in [-0.05, 0) is 30.2 Å². The maximum absolute atomic E-state index is 10.7. The Labute approximate surface area is 90.3 Å². The van der Waals surface area contributed by atoms with Crippen molar-refractivity contribution in [1.29, 1.82) is 0 Å². The summed E-state index contributed by atoms with van der Waals surface area (Å²) in [5, 5.41) is 0. The van der Waals surface area contributed by atoms with Gasteiger partial charge in [0.15, 0.2) is 0 Å². The van der Waals surface area contributed by atoms with Gasteiger partial charge in [0, 0.05) is 6.92 Å². The predicted octanol–water partition coefficient (Wildman–Crippen LogP) is 2.67. The lowest BCUT2D eigenvalue weighted by Crippen LogP contribution is -2.12. The van der Waals surface area contributed by atoms with Crippen LogP contribution in [0.15, 0.2) is 30.3 Å². The van der Waals surface area contributed by atoms with Crippen molar-refractivity contribution in [3.8, 4) is 0 Å². The van der Waals surface area contributed by atoms with Crippen molar-refractivity contribution in [3.05, 3.63) is 35.9 Å². The summed E-state index contributed by atoms with van der Waals surface area (Å²) in [6.07, 6.45) is 3.40. The molecule has 0 aromatic heterocycles. The van der Waals surface area contributed by atoms with Gasteiger partial charge < -0.3 is 4.74 Å². The van der Waals surface area contributed by atoms with Gasteiger partial charge in [-0.3, -0.25) is 4.79 Å². The molecule has 1 saturated carbocycles. The van der Waals surface area contributed by atoms with Gasteiger partial charge >= 0.3 is 5.97 Å². The molecule has 1 aromatic carbocycles. The molecule has 0 N–H and O–H groups in total. The Kier molecular flexibility index (Phi) is 2.76. The molecule has 2 heteroatoms. The number of carbonyl (C=O) groups is 1. The van der Waals surface area contributed by atoms with Gasteiger partial charge in [-0.1, -0.05) is 30.3 Å². The Balaban J connectivity index is 1.94. The van der Waals surface area contributed by atoms with Crippen LogP contribution < -0.4 is 0 Å². The summed E-state index contributed by atoms with van der Waals surface area (Å²) < 4.78 is 5.00. The van der Waals surface area contributed by atoms with Gasteiger partial charge in [-0.25, -0.2) is 0 Å². The normalized spacial score (nSPS) is 17.1. The van der Waals surface area contributed by atoms with E-state index in [0.717, 1.165) is 6.42 Å². The van der Waals surface area contributed by atoms with E-state index in [1.807, 2.05) is 6.07 Å². The van der Waals surface area contributed by atoms with Gasteiger partial charge in [0.05, 0.1) is 6.61 Å². The summed E-state index contributed by atoms with van der Waals surface area (Å²) in [7, 11) is 0. The Morgan fingerprint density at radius 2 is 2.00 bits per heavy atom. The number of esters is 1. The van der Waals surface area contributed by atoms with Gasteiger partial charge in [0.2, 0.25) is 0 Å². The minimum atomic E-state index is -0.182. The third kappa shape index (κ3) is 2.38. The summed E-state index contributed by atoms with van der Waals surface area (Å²) in [5.74, 6) is -0.182. The fraction of sp³-hybridized carbons (Fsp3) is 0.462. The van der Waals surface area contributed by atoms with E-state index < -0.39 is 0 Å². The second-order valence-corrected chi connectivity index (χ2v) is 4.24. The lowest BCUT2D eigenvalue weighted by atomic mass is 9.93. The monoisotopic (exact) mass is 204 g/mol. The molecule has 1 fully saturated rings. The zero-order chi connectivity index (χ0) is 10.7. The molecule has 1 aliphatic rings. The molecule has 0 saturated heterocycles. The fourth-order valence-electron chi connectivity index (χ4n) is 2.02. The highest BCUT2D eigenvalue weighted by Crippen LogP contribution is 2.50. The van der Waals surface area contributed by atoms with Crippen molar-refractivity contribution in [3.63, 3.8) is 0 Å². The highest BCUT2D eigenvalue weighted by molar-refractivity contribution is 5.65. The number of carbonyl (C=O) groups excluding carboxylic acids is 1. The third-order valence-corrected chi connectivity index (χ3v) is 3.13. The molecule has 2 rings (SSSR count). The molecule has 0 bridgehead atoms. The number of ether oxygens (including phenoxy) is 1. The number of hydrogen-bond donors (Lipinski definition) is 0. The molecule has 0 unspecified atom stereocenters. The van der Waals surface area contributed by atoms with Crippen molar-refractivity contribution < 1.29 is 9.53 Å². The topological polar surface area (TPSA) is 26.3 Å². The highest BCUT2D eigenvalue weighted by Gasteiger charge is 2.43. The standard InChI is InChI=1S/C13H16O2/c1-11(14)15-10-9-13(7-8-13)12-5-3-2-4-6-12/h2-6H,7-10H2,1H3. The number of benzene rings is 1. The van der Waals surface area contributed by atoms with Gasteiger partial charge in [0.25, 0.3) is 0 Å². The molecule has 0 atom stereocenters. The number of hydrogen-bond acceptors (Lipinski definition) is 2. The summed E-state index contributed by atoms with van der Waals surface area (Å²) >= 11 is 0. The molecule has 0 aliphatic heterocycles. The van der Waals surface area contributed by atoms with Crippen LogP contribution in [-0.4, -0.2) is 12.6 Å². The van der Waals surface area contributed by atoms with Crippen LogP contribution in [0.25, 0.3) is 0 Å². The van der Waals surface area contributed by atoms with Crippen LogP contribution in [0.1, 0.15) is 31.7 Å². The summed E-state index contributed by atoms with van der Waals surface area (Å²) in [6.45, 7) is 2.01. The van der Waals surface area contributed by atoms with E-state index in [1.54, 1.807) is 0 Å². The first kappa shape index (κ1) is 10.2. The minimum absolute atomic E-state index is 0.182. The zero-order valence-electron chi connectivity index (χ0n) is 9.03. The highest BCUT2D eigenvalue weighted by atomic mass is 16.5. The molecule has 0 radical (unpaired) electrons. The molecule has 0 amide bonds. The van der Waals surface area contributed by atoms with E-state index in [1.165, 1.54) is 25.3 Å². The summed E-state index contributed by atoms with van der Waals surface area (Å²) in [4.78, 5) is 10.7. The molecular weight excluding hydrogens is 188 g/mol. The van der Waals surface area contributed by atoms with Crippen molar-refractivity contribution in [2.75, 3.05) is 6.61 Å². The molecular formula is C13H16O2. The van der Waals surface area contributed by atoms with Crippen LogP contribution in [-0.2, 0) is 14.9 Å². The molecule has 15 heavy (non-hydrogen) atoms. The smallest absolute Gasteiger partial charge is 0.302 e. The molecule has 80 valence electrons. The fourth-order valence-corrected chi connectivity index (χ4v) is 2.02. The van der Waals surface area contributed by atoms with Crippen LogP contribution >= 0.6 is 0 Å². The van der Waals surface area contributed by atoms with Crippen LogP contribution in [0, 0.1) is 0 Å². The van der Waals surface area contributed by atoms with Gasteiger partial charge in [0.1, 0.15) is 0 Å². The average Bonchev–Trinajstić information content (AvgIpc) is 3.00. The Hall–Kier alpha value is -1.31. The Bertz CT molecular complexity index is 339. The second-order valence-electron chi connectivity index (χ2n) is 4.24. The number of rotatable bonds is 4. The first-order valence-corrected chi connectivity index (χ1v) is 5.42. The lowest BCUT2D eigenvalue weighted by molar-refractivity contribution is -0.141. The van der Waals surface area contributed by atoms with E-state index in [4.69, 9.17) is 4.74 Å². The van der Waals surface area contributed by atoms with Gasteiger partial charge in [-0.2, -0.15) is 0 Å². The van der Waals surface area contributed by atoms with Crippen molar-refractivity contribution >= 4 is 5.97 Å². The molecule has 0 heterocycles. The minimum Gasteiger partial charge on any atom is -0.466 e. The molecule has 0 spiro atoms. The first-order valence-electron chi connectivity index (χ1n) is 5.42. The Morgan fingerprint density at radius 3 is 2.53 bits per heavy atom. The van der Waals surface area contributed by atoms with Gasteiger partial charge in [-0.15, -0.1) is 0 Å². The average molecular weight is 204 g/mol. The third-order valence-electron chi connectivity index (χ3n) is 3.13. The SMILES string of the molecule is CC(=O)OCCC1(c2ccccc2)CC1. The van der Waals surface area contributed by atoms with E-state index in [-0.39, 0.29) is 5.97 Å². The molecule has 1 aromatic rings. The largest absolute Gasteiger partial charge is 0.466 e. The molecule has 1 aliphatic carbocycles. The summed E-state index contributed by atoms with van der Waals surface area (Å²) in [6, 6.07) is 10.5. The summed E-state index contributed by atoms with van der Waals surface area (Å²) in [5.41, 5.74) is 1.69. The van der Waals surface area contributed by atoms with E-state index in [9.17, 15) is 4.79 Å². The van der Waals surface area contributed by atoms with Crippen molar-refractivity contribution in [2.45, 2.75) is 31.6 Å². The first-order chi connectivity index (χ1) is 7.23. The maximum Gasteiger partial charge on any atom is 0.302 e. The predicted molar refractivity (Wildman–Crippen MR) is 58.6 cm³/mol. The lowest BCUT2D eigenvalue weighted by Gasteiger charge is -2.14. The van der Waals surface area contributed by atoms with E-state index in [0.29, 0.717) is 12.0 Å². The van der Waals surface area contributed by atoms with Crippen LogP contribution in [0.4, 0.5) is 0 Å². The van der Waals surface area contributed by atoms with Crippen molar-refractivity contribution in [2.24, 2.45) is 0 Å². The van der Waals surface area contributed by atoms with E-state index in [2.05, 4.69) is 24.3 Å². The van der Waals surface area contributed by atoms with Crippen molar-refractivity contribution in [1.82, 2.24) is 0 Å². The Morgan fingerprint density at radius 1 is 1.33 bits per heavy atom.